The molecule has 0 saturated carbocycles. The van der Waals surface area contributed by atoms with Crippen molar-refractivity contribution >= 4 is 22.7 Å². The van der Waals surface area contributed by atoms with Crippen molar-refractivity contribution in [2.75, 3.05) is 6.26 Å². The monoisotopic (exact) mass is 253 g/mol. The van der Waals surface area contributed by atoms with Crippen LogP contribution in [0.2, 0.25) is 0 Å². The van der Waals surface area contributed by atoms with E-state index in [1.807, 2.05) is 36.4 Å². The number of thioether (sulfide) groups is 1. The van der Waals surface area contributed by atoms with E-state index in [0.29, 0.717) is 0 Å². The number of hydrogen-bond acceptors (Lipinski definition) is 1. The van der Waals surface area contributed by atoms with E-state index in [2.05, 4.69) is 30.5 Å². The molecule has 1 aromatic heterocycles. The minimum absolute atomic E-state index is 0.915. The SMILES string of the molecule is CSc1cc(-c2ccccc2)[o+]c2ccccc12. The number of hydrogen-bond donors (Lipinski definition) is 0. The summed E-state index contributed by atoms with van der Waals surface area (Å²) in [6, 6.07) is 20.5. The first kappa shape index (κ1) is 11.3. The van der Waals surface area contributed by atoms with Crippen LogP contribution in [0.1, 0.15) is 0 Å². The van der Waals surface area contributed by atoms with Crippen LogP contribution in [0.25, 0.3) is 22.3 Å². The Hall–Kier alpha value is -1.80. The van der Waals surface area contributed by atoms with Crippen LogP contribution in [0.4, 0.5) is 0 Å². The molecule has 0 bridgehead atoms. The number of rotatable bonds is 2. The first-order valence-corrected chi connectivity index (χ1v) is 7.06. The maximum Gasteiger partial charge on any atom is 0.361 e. The Kier molecular flexibility index (Phi) is 3.03. The van der Waals surface area contributed by atoms with Gasteiger partial charge in [-0.05, 0) is 24.5 Å². The molecule has 0 aliphatic carbocycles. The molecule has 0 spiro atoms. The summed E-state index contributed by atoms with van der Waals surface area (Å²) >= 11 is 1.75. The van der Waals surface area contributed by atoms with Gasteiger partial charge in [0.2, 0.25) is 0 Å². The summed E-state index contributed by atoms with van der Waals surface area (Å²) < 4.78 is 5.98. The molecule has 18 heavy (non-hydrogen) atoms. The summed E-state index contributed by atoms with van der Waals surface area (Å²) in [5.74, 6) is 0.915. The minimum atomic E-state index is 0.915. The predicted molar refractivity (Wildman–Crippen MR) is 77.8 cm³/mol. The van der Waals surface area contributed by atoms with Gasteiger partial charge < -0.3 is 0 Å². The molecule has 3 rings (SSSR count). The Morgan fingerprint density at radius 1 is 0.889 bits per heavy atom. The summed E-state index contributed by atoms with van der Waals surface area (Å²) in [6.45, 7) is 0. The van der Waals surface area contributed by atoms with E-state index in [1.165, 1.54) is 10.3 Å². The number of fused-ring (bicyclic) bond motifs is 1. The quantitative estimate of drug-likeness (QED) is 0.465. The van der Waals surface area contributed by atoms with Crippen molar-refractivity contribution in [1.29, 1.82) is 0 Å². The molecule has 0 aliphatic rings. The van der Waals surface area contributed by atoms with Crippen LogP contribution in [-0.2, 0) is 0 Å². The van der Waals surface area contributed by atoms with Gasteiger partial charge in [0.1, 0.15) is 0 Å². The zero-order valence-electron chi connectivity index (χ0n) is 10.1. The normalized spacial score (nSPS) is 10.7. The zero-order chi connectivity index (χ0) is 12.4. The molecule has 0 radical (unpaired) electrons. The summed E-state index contributed by atoms with van der Waals surface area (Å²) in [4.78, 5) is 1.25. The highest BCUT2D eigenvalue weighted by Gasteiger charge is 2.17. The van der Waals surface area contributed by atoms with E-state index in [0.717, 1.165) is 16.9 Å². The molecule has 2 heteroatoms. The Morgan fingerprint density at radius 3 is 2.39 bits per heavy atom. The number of benzene rings is 2. The van der Waals surface area contributed by atoms with Gasteiger partial charge in [-0.2, -0.15) is 0 Å². The van der Waals surface area contributed by atoms with Crippen molar-refractivity contribution in [1.82, 2.24) is 0 Å². The lowest BCUT2D eigenvalue weighted by Gasteiger charge is -1.98. The van der Waals surface area contributed by atoms with E-state index < -0.39 is 0 Å². The standard InChI is InChI=1S/C16H13OS/c1-18-16-11-15(12-7-3-2-4-8-12)17-14-10-6-5-9-13(14)16/h2-11H,1H3/q+1. The highest BCUT2D eigenvalue weighted by molar-refractivity contribution is 7.98. The molecular weight excluding hydrogens is 240 g/mol. The second-order valence-electron chi connectivity index (χ2n) is 4.04. The van der Waals surface area contributed by atoms with Crippen LogP contribution in [0.15, 0.2) is 70.0 Å². The van der Waals surface area contributed by atoms with Gasteiger partial charge in [-0.1, -0.05) is 30.3 Å². The van der Waals surface area contributed by atoms with Crippen molar-refractivity contribution in [3.63, 3.8) is 0 Å². The van der Waals surface area contributed by atoms with E-state index >= 15 is 0 Å². The first-order valence-electron chi connectivity index (χ1n) is 5.84. The Labute approximate surface area is 110 Å². The Balaban J connectivity index is 2.26. The molecule has 88 valence electrons. The average Bonchev–Trinajstić information content (AvgIpc) is 2.47. The van der Waals surface area contributed by atoms with Crippen LogP contribution >= 0.6 is 11.8 Å². The average molecular weight is 253 g/mol. The fraction of sp³-hybridized carbons (Fsp3) is 0.0625. The molecule has 2 aromatic carbocycles. The van der Waals surface area contributed by atoms with Crippen LogP contribution in [0, 0.1) is 0 Å². The van der Waals surface area contributed by atoms with Crippen LogP contribution < -0.4 is 0 Å². The smallest absolute Gasteiger partial charge is 0.207 e. The topological polar surface area (TPSA) is 11.3 Å². The minimum Gasteiger partial charge on any atom is -0.207 e. The van der Waals surface area contributed by atoms with Gasteiger partial charge in [-0.15, -0.1) is 11.8 Å². The summed E-state index contributed by atoms with van der Waals surface area (Å²) in [5, 5.41) is 1.17. The zero-order valence-corrected chi connectivity index (χ0v) is 10.9. The second kappa shape index (κ2) is 4.83. The second-order valence-corrected chi connectivity index (χ2v) is 4.89. The molecule has 0 unspecified atom stereocenters. The first-order chi connectivity index (χ1) is 8.88. The van der Waals surface area contributed by atoms with Gasteiger partial charge in [-0.3, -0.25) is 0 Å². The Morgan fingerprint density at radius 2 is 1.61 bits per heavy atom. The molecule has 0 N–H and O–H groups in total. The van der Waals surface area contributed by atoms with Gasteiger partial charge in [0.15, 0.2) is 0 Å². The predicted octanol–water partition coefficient (Wildman–Crippen LogP) is 5.10. The molecule has 0 saturated heterocycles. The number of para-hydroxylation sites is 1. The van der Waals surface area contributed by atoms with Gasteiger partial charge in [0, 0.05) is 11.0 Å². The van der Waals surface area contributed by atoms with Crippen molar-refractivity contribution in [2.24, 2.45) is 0 Å². The fourth-order valence-corrected chi connectivity index (χ4v) is 2.63. The molecule has 1 nitrogen and oxygen atoms in total. The third kappa shape index (κ3) is 2.00. The van der Waals surface area contributed by atoms with Crippen molar-refractivity contribution in [3.8, 4) is 11.3 Å². The fourth-order valence-electron chi connectivity index (χ4n) is 2.02. The Bertz CT molecular complexity index is 677. The maximum absolute atomic E-state index is 5.98. The molecule has 0 fully saturated rings. The van der Waals surface area contributed by atoms with Crippen molar-refractivity contribution < 1.29 is 4.42 Å². The molecule has 0 aliphatic heterocycles. The molecule has 1 heterocycles. The molecular formula is C16H13OS+. The summed E-state index contributed by atoms with van der Waals surface area (Å²) in [5.41, 5.74) is 2.04. The van der Waals surface area contributed by atoms with Gasteiger partial charge in [0.05, 0.1) is 17.0 Å². The highest BCUT2D eigenvalue weighted by atomic mass is 32.2. The summed E-state index contributed by atoms with van der Waals surface area (Å²) in [7, 11) is 0. The largest absolute Gasteiger partial charge is 0.361 e. The van der Waals surface area contributed by atoms with Gasteiger partial charge >= 0.3 is 11.3 Å². The van der Waals surface area contributed by atoms with E-state index in [4.69, 9.17) is 4.42 Å². The highest BCUT2D eigenvalue weighted by Crippen LogP contribution is 2.32. The maximum atomic E-state index is 5.98. The van der Waals surface area contributed by atoms with E-state index in [1.54, 1.807) is 11.8 Å². The molecule has 0 atom stereocenters. The lowest BCUT2D eigenvalue weighted by Crippen LogP contribution is -1.82. The summed E-state index contributed by atoms with van der Waals surface area (Å²) in [6.07, 6.45) is 2.09. The van der Waals surface area contributed by atoms with Crippen molar-refractivity contribution in [3.05, 3.63) is 60.7 Å². The molecule has 3 aromatic rings. The van der Waals surface area contributed by atoms with Crippen molar-refractivity contribution in [2.45, 2.75) is 4.90 Å². The third-order valence-corrected chi connectivity index (χ3v) is 3.69. The molecule has 0 amide bonds. The van der Waals surface area contributed by atoms with Gasteiger partial charge in [-0.25, -0.2) is 4.42 Å². The lowest BCUT2D eigenvalue weighted by molar-refractivity contribution is 0.617. The lowest BCUT2D eigenvalue weighted by atomic mass is 10.1. The third-order valence-electron chi connectivity index (χ3n) is 2.91. The van der Waals surface area contributed by atoms with Crippen LogP contribution in [-0.4, -0.2) is 6.26 Å². The van der Waals surface area contributed by atoms with Crippen LogP contribution in [0.5, 0.6) is 0 Å². The van der Waals surface area contributed by atoms with Gasteiger partial charge in [0.25, 0.3) is 0 Å². The van der Waals surface area contributed by atoms with E-state index in [-0.39, 0.29) is 0 Å². The van der Waals surface area contributed by atoms with E-state index in [9.17, 15) is 0 Å². The van der Waals surface area contributed by atoms with Crippen LogP contribution in [0.3, 0.4) is 0 Å².